The van der Waals surface area contributed by atoms with E-state index in [1.54, 1.807) is 19.5 Å². The minimum absolute atomic E-state index is 0.0728. The molecule has 0 radical (unpaired) electrons. The van der Waals surface area contributed by atoms with E-state index in [1.165, 1.54) is 0 Å². The summed E-state index contributed by atoms with van der Waals surface area (Å²) in [4.78, 5) is 4.14. The number of ether oxygens (including phenoxy) is 3. The van der Waals surface area contributed by atoms with Gasteiger partial charge >= 0.3 is 0 Å². The Kier molecular flexibility index (Phi) is 4.75. The number of hydrogen-bond acceptors (Lipinski definition) is 6. The van der Waals surface area contributed by atoms with E-state index in [0.29, 0.717) is 6.61 Å². The van der Waals surface area contributed by atoms with Gasteiger partial charge in [-0.15, -0.1) is 0 Å². The number of fused-ring (bicyclic) bond motifs is 3. The molecule has 0 N–H and O–H groups in total. The van der Waals surface area contributed by atoms with Crippen LogP contribution in [0.25, 0.3) is 0 Å². The molecule has 0 aliphatic carbocycles. The Morgan fingerprint density at radius 3 is 2.60 bits per heavy atom. The summed E-state index contributed by atoms with van der Waals surface area (Å²) in [5.41, 5.74) is 4.21. The zero-order valence-corrected chi connectivity index (χ0v) is 17.0. The van der Waals surface area contributed by atoms with Crippen LogP contribution in [0.5, 0.6) is 17.2 Å². The number of pyridine rings is 1. The van der Waals surface area contributed by atoms with E-state index in [1.807, 2.05) is 43.3 Å². The quantitative estimate of drug-likeness (QED) is 0.619. The van der Waals surface area contributed by atoms with E-state index in [9.17, 15) is 0 Å². The molecule has 6 nitrogen and oxygen atoms in total. The summed E-state index contributed by atoms with van der Waals surface area (Å²) in [6.45, 7) is 2.64. The Bertz CT molecular complexity index is 1070. The number of benzene rings is 2. The molecule has 0 amide bonds. The van der Waals surface area contributed by atoms with Crippen molar-refractivity contribution in [3.05, 3.63) is 83.7 Å². The summed E-state index contributed by atoms with van der Waals surface area (Å²) in [7, 11) is 1.67. The molecule has 1 aromatic heterocycles. The minimum atomic E-state index is -0.345. The van der Waals surface area contributed by atoms with Crippen LogP contribution in [0.2, 0.25) is 0 Å². The number of aromatic nitrogens is 1. The van der Waals surface area contributed by atoms with Gasteiger partial charge in [-0.25, -0.2) is 5.01 Å². The molecule has 5 rings (SSSR count). The first kappa shape index (κ1) is 18.5. The molecule has 0 saturated heterocycles. The van der Waals surface area contributed by atoms with Crippen LogP contribution in [-0.2, 0) is 0 Å². The van der Waals surface area contributed by atoms with E-state index in [-0.39, 0.29) is 12.3 Å². The van der Waals surface area contributed by atoms with Crippen molar-refractivity contribution in [2.24, 2.45) is 5.10 Å². The zero-order valence-electron chi connectivity index (χ0n) is 17.0. The Balaban J connectivity index is 1.55. The van der Waals surface area contributed by atoms with Crippen LogP contribution in [0.1, 0.15) is 42.3 Å². The van der Waals surface area contributed by atoms with E-state index < -0.39 is 0 Å². The SMILES string of the molecule is CCOc1ccc(C2=NN3C(C2)c2cccc(OC)c2OC3c2ccncc2)cc1. The molecule has 0 fully saturated rings. The Morgan fingerprint density at radius 2 is 1.87 bits per heavy atom. The van der Waals surface area contributed by atoms with Crippen molar-refractivity contribution >= 4 is 5.71 Å². The smallest absolute Gasteiger partial charge is 0.214 e. The third kappa shape index (κ3) is 3.14. The van der Waals surface area contributed by atoms with Crippen molar-refractivity contribution < 1.29 is 14.2 Å². The standard InChI is InChI=1S/C24H23N3O3/c1-3-29-18-9-7-16(8-10-18)20-15-21-19-5-4-6-22(28-2)23(19)30-24(27(21)26-20)17-11-13-25-14-12-17/h4-14,21,24H,3,15H2,1-2H3. The van der Waals surface area contributed by atoms with Gasteiger partial charge in [0.05, 0.1) is 25.5 Å². The summed E-state index contributed by atoms with van der Waals surface area (Å²) in [5.74, 6) is 2.39. The van der Waals surface area contributed by atoms with Crippen molar-refractivity contribution in [2.75, 3.05) is 13.7 Å². The molecule has 2 aromatic carbocycles. The second-order valence-corrected chi connectivity index (χ2v) is 7.23. The zero-order chi connectivity index (χ0) is 20.5. The first-order valence-electron chi connectivity index (χ1n) is 10.1. The van der Waals surface area contributed by atoms with Gasteiger partial charge < -0.3 is 14.2 Å². The number of hydrazone groups is 1. The van der Waals surface area contributed by atoms with Crippen LogP contribution in [0.15, 0.2) is 72.1 Å². The predicted molar refractivity (Wildman–Crippen MR) is 114 cm³/mol. The van der Waals surface area contributed by atoms with Crippen molar-refractivity contribution in [3.63, 3.8) is 0 Å². The van der Waals surface area contributed by atoms with Crippen LogP contribution >= 0.6 is 0 Å². The van der Waals surface area contributed by atoms with Gasteiger partial charge in [0, 0.05) is 29.9 Å². The first-order valence-corrected chi connectivity index (χ1v) is 10.1. The fourth-order valence-electron chi connectivity index (χ4n) is 4.08. The van der Waals surface area contributed by atoms with Crippen LogP contribution in [0, 0.1) is 0 Å². The molecule has 3 aromatic rings. The normalized spacial score (nSPS) is 19.4. The van der Waals surface area contributed by atoms with Gasteiger partial charge in [0.2, 0.25) is 6.23 Å². The number of rotatable bonds is 5. The van der Waals surface area contributed by atoms with E-state index >= 15 is 0 Å². The average molecular weight is 401 g/mol. The maximum atomic E-state index is 6.44. The van der Waals surface area contributed by atoms with Crippen LogP contribution < -0.4 is 14.2 Å². The van der Waals surface area contributed by atoms with Gasteiger partial charge in [0.15, 0.2) is 11.5 Å². The fourth-order valence-corrected chi connectivity index (χ4v) is 4.08. The fraction of sp³-hybridized carbons (Fsp3) is 0.250. The van der Waals surface area contributed by atoms with Crippen molar-refractivity contribution in [2.45, 2.75) is 25.6 Å². The van der Waals surface area contributed by atoms with E-state index in [4.69, 9.17) is 19.3 Å². The lowest BCUT2D eigenvalue weighted by atomic mass is 9.95. The van der Waals surface area contributed by atoms with Crippen LogP contribution in [0.4, 0.5) is 0 Å². The molecule has 2 aliphatic heterocycles. The van der Waals surface area contributed by atoms with Crippen molar-refractivity contribution in [3.8, 4) is 17.2 Å². The molecule has 2 aliphatic rings. The highest BCUT2D eigenvalue weighted by Crippen LogP contribution is 2.50. The van der Waals surface area contributed by atoms with Crippen molar-refractivity contribution in [1.82, 2.24) is 9.99 Å². The maximum Gasteiger partial charge on any atom is 0.214 e. The van der Waals surface area contributed by atoms with Gasteiger partial charge in [0.1, 0.15) is 5.75 Å². The van der Waals surface area contributed by atoms with Crippen LogP contribution in [0.3, 0.4) is 0 Å². The Morgan fingerprint density at radius 1 is 1.07 bits per heavy atom. The molecule has 0 saturated carbocycles. The second-order valence-electron chi connectivity index (χ2n) is 7.23. The molecule has 152 valence electrons. The number of nitrogens with zero attached hydrogens (tertiary/aromatic N) is 3. The van der Waals surface area contributed by atoms with Gasteiger partial charge in [-0.3, -0.25) is 4.98 Å². The highest BCUT2D eigenvalue weighted by Gasteiger charge is 2.42. The predicted octanol–water partition coefficient (Wildman–Crippen LogP) is 4.73. The molecule has 2 atom stereocenters. The van der Waals surface area contributed by atoms with Gasteiger partial charge in [-0.1, -0.05) is 12.1 Å². The minimum Gasteiger partial charge on any atom is -0.494 e. The molecule has 2 unspecified atom stereocenters. The van der Waals surface area contributed by atoms with E-state index in [2.05, 4.69) is 28.2 Å². The van der Waals surface area contributed by atoms with Crippen LogP contribution in [-0.4, -0.2) is 29.4 Å². The third-order valence-corrected chi connectivity index (χ3v) is 5.49. The number of para-hydroxylation sites is 1. The third-order valence-electron chi connectivity index (χ3n) is 5.49. The first-order chi connectivity index (χ1) is 14.8. The highest BCUT2D eigenvalue weighted by atomic mass is 16.5. The molecule has 6 heteroatoms. The molecular formula is C24H23N3O3. The topological polar surface area (TPSA) is 56.2 Å². The summed E-state index contributed by atoms with van der Waals surface area (Å²) < 4.78 is 17.6. The summed E-state index contributed by atoms with van der Waals surface area (Å²) in [6.07, 6.45) is 4.00. The van der Waals surface area contributed by atoms with Crippen molar-refractivity contribution in [1.29, 1.82) is 0 Å². The molecule has 3 heterocycles. The van der Waals surface area contributed by atoms with Gasteiger partial charge in [-0.05, 0) is 55.0 Å². The largest absolute Gasteiger partial charge is 0.494 e. The second kappa shape index (κ2) is 7.71. The molecule has 30 heavy (non-hydrogen) atoms. The van der Waals surface area contributed by atoms with Gasteiger partial charge in [-0.2, -0.15) is 5.10 Å². The Labute approximate surface area is 175 Å². The highest BCUT2D eigenvalue weighted by molar-refractivity contribution is 6.02. The monoisotopic (exact) mass is 401 g/mol. The average Bonchev–Trinajstić information content (AvgIpc) is 3.25. The number of hydrogen-bond donors (Lipinski definition) is 0. The Hall–Kier alpha value is -3.54. The lowest BCUT2D eigenvalue weighted by Crippen LogP contribution is -2.33. The summed E-state index contributed by atoms with van der Waals surface area (Å²) in [5, 5.41) is 7.05. The number of methoxy groups -OCH3 is 1. The summed E-state index contributed by atoms with van der Waals surface area (Å²) >= 11 is 0. The molecule has 0 bridgehead atoms. The molecule has 0 spiro atoms. The summed E-state index contributed by atoms with van der Waals surface area (Å²) in [6, 6.07) is 18.1. The van der Waals surface area contributed by atoms with E-state index in [0.717, 1.165) is 46.1 Å². The lowest BCUT2D eigenvalue weighted by molar-refractivity contribution is -0.0209. The maximum absolute atomic E-state index is 6.44. The van der Waals surface area contributed by atoms with Gasteiger partial charge in [0.25, 0.3) is 0 Å². The molecular weight excluding hydrogens is 378 g/mol. The lowest BCUT2D eigenvalue weighted by Gasteiger charge is -2.38.